The Bertz CT molecular complexity index is 805. The van der Waals surface area contributed by atoms with Crippen molar-refractivity contribution in [2.24, 2.45) is 0 Å². The van der Waals surface area contributed by atoms with Gasteiger partial charge >= 0.3 is 0 Å². The number of amides is 1. The molecule has 0 spiro atoms. The molecule has 0 bridgehead atoms. The van der Waals surface area contributed by atoms with Gasteiger partial charge in [-0.1, -0.05) is 35.9 Å². The Hall–Kier alpha value is -2.15. The Balaban J connectivity index is 1.38. The standard InChI is InChI=1S/C22H27ClFN3O2/c1-29-21-8-3-2-5-17(21)9-10-25-22(28)16-27-13-11-26(12-14-27)15-18-19(23)6-4-7-20(18)24/h2-8H,9-16H2,1H3,(H,25,28). The summed E-state index contributed by atoms with van der Waals surface area (Å²) in [4.78, 5) is 16.5. The van der Waals surface area contributed by atoms with Gasteiger partial charge in [0.2, 0.25) is 5.91 Å². The second-order valence-corrected chi connectivity index (χ2v) is 7.57. The first-order chi connectivity index (χ1) is 14.1. The van der Waals surface area contributed by atoms with Crippen molar-refractivity contribution >= 4 is 17.5 Å². The van der Waals surface area contributed by atoms with Crippen molar-refractivity contribution in [2.75, 3.05) is 46.4 Å². The molecule has 0 aromatic heterocycles. The Morgan fingerprint density at radius 1 is 1.10 bits per heavy atom. The van der Waals surface area contributed by atoms with Crippen molar-refractivity contribution in [2.45, 2.75) is 13.0 Å². The second-order valence-electron chi connectivity index (χ2n) is 7.16. The van der Waals surface area contributed by atoms with Crippen LogP contribution in [0.2, 0.25) is 5.02 Å². The lowest BCUT2D eigenvalue weighted by molar-refractivity contribution is -0.122. The van der Waals surface area contributed by atoms with Crippen LogP contribution in [0.15, 0.2) is 42.5 Å². The van der Waals surface area contributed by atoms with Crippen LogP contribution in [0.5, 0.6) is 5.75 Å². The SMILES string of the molecule is COc1ccccc1CCNC(=O)CN1CCN(Cc2c(F)cccc2Cl)CC1. The van der Waals surface area contributed by atoms with E-state index in [4.69, 9.17) is 16.3 Å². The summed E-state index contributed by atoms with van der Waals surface area (Å²) in [5, 5.41) is 3.44. The largest absolute Gasteiger partial charge is 0.496 e. The zero-order valence-corrected chi connectivity index (χ0v) is 17.4. The summed E-state index contributed by atoms with van der Waals surface area (Å²) in [5.74, 6) is 0.590. The molecule has 1 saturated heterocycles. The van der Waals surface area contributed by atoms with Gasteiger partial charge < -0.3 is 10.1 Å². The predicted molar refractivity (Wildman–Crippen MR) is 113 cm³/mol. The van der Waals surface area contributed by atoms with Gasteiger partial charge in [0.1, 0.15) is 11.6 Å². The fraction of sp³-hybridized carbons (Fsp3) is 0.409. The third-order valence-electron chi connectivity index (χ3n) is 5.18. The van der Waals surface area contributed by atoms with Crippen LogP contribution in [0.25, 0.3) is 0 Å². The summed E-state index contributed by atoms with van der Waals surface area (Å²) < 4.78 is 19.3. The number of para-hydroxylation sites is 1. The number of rotatable bonds is 8. The molecule has 5 nitrogen and oxygen atoms in total. The van der Waals surface area contributed by atoms with Crippen LogP contribution in [0, 0.1) is 5.82 Å². The summed E-state index contributed by atoms with van der Waals surface area (Å²) in [6, 6.07) is 12.6. The van der Waals surface area contributed by atoms with Crippen molar-refractivity contribution in [1.82, 2.24) is 15.1 Å². The van der Waals surface area contributed by atoms with Crippen LogP contribution in [-0.4, -0.2) is 62.1 Å². The molecular weight excluding hydrogens is 393 g/mol. The lowest BCUT2D eigenvalue weighted by Gasteiger charge is -2.34. The number of nitrogens with one attached hydrogen (secondary N) is 1. The maximum Gasteiger partial charge on any atom is 0.234 e. The van der Waals surface area contributed by atoms with Crippen molar-refractivity contribution in [3.8, 4) is 5.75 Å². The topological polar surface area (TPSA) is 44.8 Å². The van der Waals surface area contributed by atoms with Gasteiger partial charge in [0, 0.05) is 49.9 Å². The zero-order chi connectivity index (χ0) is 20.6. The van der Waals surface area contributed by atoms with Gasteiger partial charge in [-0.15, -0.1) is 0 Å². The molecule has 0 radical (unpaired) electrons. The van der Waals surface area contributed by atoms with Crippen LogP contribution in [0.3, 0.4) is 0 Å². The van der Waals surface area contributed by atoms with E-state index >= 15 is 0 Å². The highest BCUT2D eigenvalue weighted by Crippen LogP contribution is 2.21. The molecule has 1 fully saturated rings. The number of benzene rings is 2. The molecule has 0 unspecified atom stereocenters. The number of carbonyl (C=O) groups is 1. The van der Waals surface area contributed by atoms with Gasteiger partial charge in [-0.3, -0.25) is 14.6 Å². The summed E-state index contributed by atoms with van der Waals surface area (Å²) in [7, 11) is 1.65. The van der Waals surface area contributed by atoms with Gasteiger partial charge in [-0.05, 0) is 30.2 Å². The zero-order valence-electron chi connectivity index (χ0n) is 16.7. The third kappa shape index (κ3) is 6.16. The fourth-order valence-corrected chi connectivity index (χ4v) is 3.74. The smallest absolute Gasteiger partial charge is 0.234 e. The van der Waals surface area contributed by atoms with Crippen molar-refractivity contribution in [3.63, 3.8) is 0 Å². The van der Waals surface area contributed by atoms with E-state index in [1.807, 2.05) is 24.3 Å². The molecule has 2 aromatic rings. The Morgan fingerprint density at radius 2 is 1.83 bits per heavy atom. The molecule has 1 heterocycles. The average molecular weight is 420 g/mol. The first-order valence-corrected chi connectivity index (χ1v) is 10.2. The van der Waals surface area contributed by atoms with Gasteiger partial charge in [-0.25, -0.2) is 4.39 Å². The summed E-state index contributed by atoms with van der Waals surface area (Å²) in [5.41, 5.74) is 1.62. The third-order valence-corrected chi connectivity index (χ3v) is 5.54. The number of halogens is 2. The summed E-state index contributed by atoms with van der Waals surface area (Å²) in [6.07, 6.45) is 0.729. The van der Waals surface area contributed by atoms with Gasteiger partial charge in [0.15, 0.2) is 0 Å². The first kappa shape index (κ1) is 21.6. The quantitative estimate of drug-likeness (QED) is 0.714. The molecule has 1 amide bonds. The maximum absolute atomic E-state index is 14.0. The fourth-order valence-electron chi connectivity index (χ4n) is 3.52. The minimum Gasteiger partial charge on any atom is -0.496 e. The Kier molecular flexibility index (Phi) is 7.86. The molecule has 1 aliphatic heterocycles. The number of hydrogen-bond donors (Lipinski definition) is 1. The van der Waals surface area contributed by atoms with E-state index in [1.165, 1.54) is 6.07 Å². The van der Waals surface area contributed by atoms with Crippen molar-refractivity contribution in [1.29, 1.82) is 0 Å². The molecule has 0 saturated carbocycles. The average Bonchev–Trinajstić information content (AvgIpc) is 2.72. The molecule has 2 aromatic carbocycles. The number of piperazine rings is 1. The molecule has 29 heavy (non-hydrogen) atoms. The Labute approximate surface area is 176 Å². The number of methoxy groups -OCH3 is 1. The number of ether oxygens (including phenoxy) is 1. The molecule has 0 aliphatic carbocycles. The van der Waals surface area contributed by atoms with Crippen molar-refractivity contribution in [3.05, 3.63) is 64.4 Å². The van der Waals surface area contributed by atoms with E-state index < -0.39 is 0 Å². The molecule has 156 valence electrons. The molecule has 3 rings (SSSR count). The minimum atomic E-state index is -0.269. The highest BCUT2D eigenvalue weighted by Gasteiger charge is 2.20. The van der Waals surface area contributed by atoms with Gasteiger partial charge in [-0.2, -0.15) is 0 Å². The van der Waals surface area contributed by atoms with E-state index in [0.29, 0.717) is 30.2 Å². The molecule has 1 N–H and O–H groups in total. The second kappa shape index (κ2) is 10.6. The van der Waals surface area contributed by atoms with Crippen LogP contribution < -0.4 is 10.1 Å². The van der Waals surface area contributed by atoms with Gasteiger partial charge in [0.05, 0.1) is 13.7 Å². The van der Waals surface area contributed by atoms with Crippen molar-refractivity contribution < 1.29 is 13.9 Å². The molecule has 0 atom stereocenters. The first-order valence-electron chi connectivity index (χ1n) is 9.83. The van der Waals surface area contributed by atoms with Crippen LogP contribution in [0.4, 0.5) is 4.39 Å². The van der Waals surface area contributed by atoms with Crippen LogP contribution in [0.1, 0.15) is 11.1 Å². The normalized spacial score (nSPS) is 15.3. The van der Waals surface area contributed by atoms with E-state index in [1.54, 1.807) is 19.2 Å². The number of carbonyl (C=O) groups excluding carboxylic acids is 1. The highest BCUT2D eigenvalue weighted by atomic mass is 35.5. The maximum atomic E-state index is 14.0. The molecule has 1 aliphatic rings. The minimum absolute atomic E-state index is 0.0190. The van der Waals surface area contributed by atoms with E-state index in [-0.39, 0.29) is 11.7 Å². The van der Waals surface area contributed by atoms with Gasteiger partial charge in [0.25, 0.3) is 0 Å². The Morgan fingerprint density at radius 3 is 2.55 bits per heavy atom. The lowest BCUT2D eigenvalue weighted by Crippen LogP contribution is -2.49. The van der Waals surface area contributed by atoms with Crippen LogP contribution in [-0.2, 0) is 17.8 Å². The lowest BCUT2D eigenvalue weighted by atomic mass is 10.1. The van der Waals surface area contributed by atoms with Crippen LogP contribution >= 0.6 is 11.6 Å². The van der Waals surface area contributed by atoms with E-state index in [9.17, 15) is 9.18 Å². The highest BCUT2D eigenvalue weighted by molar-refractivity contribution is 6.31. The summed E-state index contributed by atoms with van der Waals surface area (Å²) >= 11 is 6.12. The number of nitrogens with zero attached hydrogens (tertiary/aromatic N) is 2. The molecule has 7 heteroatoms. The molecular formula is C22H27ClFN3O2. The summed E-state index contributed by atoms with van der Waals surface area (Å²) in [6.45, 7) is 4.53. The number of hydrogen-bond acceptors (Lipinski definition) is 4. The monoisotopic (exact) mass is 419 g/mol. The van der Waals surface area contributed by atoms with E-state index in [0.717, 1.165) is 43.9 Å². The van der Waals surface area contributed by atoms with E-state index in [2.05, 4.69) is 15.1 Å². The predicted octanol–water partition coefficient (Wildman–Crippen LogP) is 2.96.